The molecule has 3 unspecified atom stereocenters. The molecule has 27 heavy (non-hydrogen) atoms. The number of likely N-dealkylation sites (tertiary alicyclic amines) is 1. The maximum absolute atomic E-state index is 12.2. The number of hydrogen-bond donors (Lipinski definition) is 1. The summed E-state index contributed by atoms with van der Waals surface area (Å²) < 4.78 is 12.1. The van der Waals surface area contributed by atoms with E-state index in [1.54, 1.807) is 0 Å². The van der Waals surface area contributed by atoms with E-state index in [1.165, 1.54) is 5.56 Å². The van der Waals surface area contributed by atoms with Gasteiger partial charge in [0.25, 0.3) is 0 Å². The molecule has 0 spiro atoms. The molecule has 1 N–H and O–H groups in total. The Morgan fingerprint density at radius 2 is 1.96 bits per heavy atom. The van der Waals surface area contributed by atoms with Crippen molar-refractivity contribution in [1.29, 1.82) is 0 Å². The molecule has 0 bridgehead atoms. The Labute approximate surface area is 185 Å². The predicted molar refractivity (Wildman–Crippen MR) is 129 cm³/mol. The van der Waals surface area contributed by atoms with Crippen molar-refractivity contribution in [3.05, 3.63) is 35.9 Å². The lowest BCUT2D eigenvalue weighted by Gasteiger charge is -2.39. The first-order valence-corrected chi connectivity index (χ1v) is 11.1. The van der Waals surface area contributed by atoms with Gasteiger partial charge in [-0.1, -0.05) is 37.3 Å². The van der Waals surface area contributed by atoms with Crippen LogP contribution in [0.5, 0.6) is 0 Å². The number of nitrogens with zero attached hydrogens (tertiary/aromatic N) is 2. The molecule has 1 aliphatic rings. The lowest BCUT2D eigenvalue weighted by atomic mass is 9.82. The SMILES string of the molecule is CCNC(=NCCS(=O)C(C)(C)C)N1CCC(c2ccccc2)C(C)C1.I. The van der Waals surface area contributed by atoms with Crippen molar-refractivity contribution in [2.75, 3.05) is 31.9 Å². The van der Waals surface area contributed by atoms with Gasteiger partial charge >= 0.3 is 0 Å². The fraction of sp³-hybridized carbons (Fsp3) is 0.667. The van der Waals surface area contributed by atoms with Gasteiger partial charge in [0.1, 0.15) is 0 Å². The molecule has 1 fully saturated rings. The van der Waals surface area contributed by atoms with Crippen LogP contribution in [-0.4, -0.2) is 51.7 Å². The Hall–Kier alpha value is -0.630. The molecule has 1 aromatic carbocycles. The minimum Gasteiger partial charge on any atom is -0.357 e. The van der Waals surface area contributed by atoms with E-state index < -0.39 is 10.8 Å². The van der Waals surface area contributed by atoms with E-state index in [9.17, 15) is 4.21 Å². The van der Waals surface area contributed by atoms with Gasteiger partial charge in [0.05, 0.1) is 6.54 Å². The molecule has 0 aliphatic carbocycles. The quantitative estimate of drug-likeness (QED) is 0.370. The molecule has 1 aromatic rings. The Morgan fingerprint density at radius 3 is 2.52 bits per heavy atom. The number of rotatable bonds is 5. The monoisotopic (exact) mass is 505 g/mol. The van der Waals surface area contributed by atoms with Crippen LogP contribution in [0.2, 0.25) is 0 Å². The van der Waals surface area contributed by atoms with Gasteiger partial charge in [0.15, 0.2) is 5.96 Å². The summed E-state index contributed by atoms with van der Waals surface area (Å²) in [5, 5.41) is 3.42. The zero-order valence-corrected chi connectivity index (χ0v) is 20.6. The van der Waals surface area contributed by atoms with Crippen LogP contribution in [0.1, 0.15) is 52.5 Å². The number of benzene rings is 1. The first-order valence-electron chi connectivity index (χ1n) is 9.79. The zero-order chi connectivity index (χ0) is 19.2. The van der Waals surface area contributed by atoms with E-state index in [0.29, 0.717) is 24.1 Å². The van der Waals surface area contributed by atoms with Gasteiger partial charge in [-0.25, -0.2) is 0 Å². The molecule has 0 saturated carbocycles. The molecule has 2 rings (SSSR count). The van der Waals surface area contributed by atoms with E-state index in [4.69, 9.17) is 4.99 Å². The Morgan fingerprint density at radius 1 is 1.30 bits per heavy atom. The number of halogens is 1. The van der Waals surface area contributed by atoms with Crippen LogP contribution in [-0.2, 0) is 10.8 Å². The summed E-state index contributed by atoms with van der Waals surface area (Å²) >= 11 is 0. The highest BCUT2D eigenvalue weighted by Gasteiger charge is 2.28. The number of piperidine rings is 1. The first-order chi connectivity index (χ1) is 12.3. The maximum Gasteiger partial charge on any atom is 0.193 e. The fourth-order valence-corrected chi connectivity index (χ4v) is 4.37. The van der Waals surface area contributed by atoms with E-state index >= 15 is 0 Å². The molecule has 4 nitrogen and oxygen atoms in total. The maximum atomic E-state index is 12.2. The average Bonchev–Trinajstić information content (AvgIpc) is 2.60. The van der Waals surface area contributed by atoms with Crippen LogP contribution in [0.25, 0.3) is 0 Å². The van der Waals surface area contributed by atoms with Crippen molar-refractivity contribution in [2.24, 2.45) is 10.9 Å². The molecule has 1 heterocycles. The van der Waals surface area contributed by atoms with Gasteiger partial charge in [0.2, 0.25) is 0 Å². The molecule has 0 amide bonds. The zero-order valence-electron chi connectivity index (χ0n) is 17.4. The third-order valence-electron chi connectivity index (χ3n) is 4.99. The molecule has 0 radical (unpaired) electrons. The Balaban J connectivity index is 0.00000364. The molecule has 154 valence electrons. The van der Waals surface area contributed by atoms with Gasteiger partial charge in [-0.3, -0.25) is 9.20 Å². The summed E-state index contributed by atoms with van der Waals surface area (Å²) in [6.07, 6.45) is 1.14. The highest BCUT2D eigenvalue weighted by atomic mass is 127. The highest BCUT2D eigenvalue weighted by molar-refractivity contribution is 14.0. The summed E-state index contributed by atoms with van der Waals surface area (Å²) in [6.45, 7) is 14.0. The average molecular weight is 506 g/mol. The smallest absolute Gasteiger partial charge is 0.193 e. The Bertz CT molecular complexity index is 616. The minimum atomic E-state index is -0.854. The van der Waals surface area contributed by atoms with Crippen LogP contribution >= 0.6 is 24.0 Å². The highest BCUT2D eigenvalue weighted by Crippen LogP contribution is 2.32. The van der Waals surface area contributed by atoms with E-state index in [2.05, 4.69) is 54.4 Å². The molecule has 6 heteroatoms. The van der Waals surface area contributed by atoms with Crippen molar-refractivity contribution in [3.63, 3.8) is 0 Å². The third-order valence-corrected chi connectivity index (χ3v) is 6.91. The van der Waals surface area contributed by atoms with Crippen LogP contribution in [0.15, 0.2) is 35.3 Å². The van der Waals surface area contributed by atoms with E-state index in [-0.39, 0.29) is 28.7 Å². The van der Waals surface area contributed by atoms with Crippen molar-refractivity contribution in [3.8, 4) is 0 Å². The molecule has 0 aromatic heterocycles. The Kier molecular flexibility index (Phi) is 10.3. The topological polar surface area (TPSA) is 44.7 Å². The summed E-state index contributed by atoms with van der Waals surface area (Å²) in [5.41, 5.74) is 1.45. The van der Waals surface area contributed by atoms with Crippen molar-refractivity contribution >= 4 is 40.7 Å². The van der Waals surface area contributed by atoms with Gasteiger partial charge in [-0.2, -0.15) is 0 Å². The summed E-state index contributed by atoms with van der Waals surface area (Å²) in [6, 6.07) is 10.8. The second kappa shape index (κ2) is 11.4. The first kappa shape index (κ1) is 24.4. The number of nitrogens with one attached hydrogen (secondary N) is 1. The minimum absolute atomic E-state index is 0. The molecular formula is C21H36IN3OS. The molecule has 1 aliphatic heterocycles. The number of aliphatic imine (C=N–C) groups is 1. The standard InChI is InChI=1S/C21H35N3OS.HI/c1-6-22-20(23-13-15-26(25)21(3,4)5)24-14-12-19(17(2)16-24)18-10-8-7-9-11-18;/h7-11,17,19H,6,12-16H2,1-5H3,(H,22,23);1H. The van der Waals surface area contributed by atoms with Crippen molar-refractivity contribution < 1.29 is 4.21 Å². The lowest BCUT2D eigenvalue weighted by Crippen LogP contribution is -2.48. The van der Waals surface area contributed by atoms with Gasteiger partial charge in [-0.15, -0.1) is 24.0 Å². The number of guanidine groups is 1. The van der Waals surface area contributed by atoms with E-state index in [0.717, 1.165) is 32.0 Å². The van der Waals surface area contributed by atoms with Crippen molar-refractivity contribution in [2.45, 2.75) is 51.7 Å². The van der Waals surface area contributed by atoms with Gasteiger partial charge < -0.3 is 10.2 Å². The van der Waals surface area contributed by atoms with E-state index in [1.807, 2.05) is 20.8 Å². The molecule has 3 atom stereocenters. The summed E-state index contributed by atoms with van der Waals surface area (Å²) in [5.74, 6) is 2.79. The second-order valence-corrected chi connectivity index (χ2v) is 10.5. The summed E-state index contributed by atoms with van der Waals surface area (Å²) in [7, 11) is -0.854. The predicted octanol–water partition coefficient (Wildman–Crippen LogP) is 4.24. The van der Waals surface area contributed by atoms with Crippen LogP contribution in [0.4, 0.5) is 0 Å². The van der Waals surface area contributed by atoms with Crippen molar-refractivity contribution in [1.82, 2.24) is 10.2 Å². The second-order valence-electron chi connectivity index (χ2n) is 8.13. The van der Waals surface area contributed by atoms with Crippen LogP contribution in [0, 0.1) is 5.92 Å². The van der Waals surface area contributed by atoms with Gasteiger partial charge in [0, 0.05) is 40.9 Å². The molecule has 1 saturated heterocycles. The van der Waals surface area contributed by atoms with Gasteiger partial charge in [-0.05, 0) is 51.5 Å². The largest absolute Gasteiger partial charge is 0.357 e. The fourth-order valence-electron chi connectivity index (χ4n) is 3.50. The lowest BCUT2D eigenvalue weighted by molar-refractivity contribution is 0.234. The normalized spacial score (nSPS) is 22.1. The molecular weight excluding hydrogens is 469 g/mol. The van der Waals surface area contributed by atoms with Crippen LogP contribution < -0.4 is 5.32 Å². The number of hydrogen-bond acceptors (Lipinski definition) is 2. The third kappa shape index (κ3) is 7.37. The summed E-state index contributed by atoms with van der Waals surface area (Å²) in [4.78, 5) is 7.13. The van der Waals surface area contributed by atoms with Crippen LogP contribution in [0.3, 0.4) is 0 Å².